The van der Waals surface area contributed by atoms with Crippen LogP contribution in [0.15, 0.2) is 6.20 Å². The van der Waals surface area contributed by atoms with Crippen molar-refractivity contribution < 1.29 is 0 Å². The molecular formula is C14H25N3. The largest absolute Gasteiger partial charge is 0.310 e. The van der Waals surface area contributed by atoms with Crippen molar-refractivity contribution in [1.29, 1.82) is 0 Å². The van der Waals surface area contributed by atoms with E-state index in [-0.39, 0.29) is 0 Å². The predicted octanol–water partition coefficient (Wildman–Crippen LogP) is 2.79. The summed E-state index contributed by atoms with van der Waals surface area (Å²) in [6.45, 7) is 5.38. The Morgan fingerprint density at radius 3 is 2.71 bits per heavy atom. The molecule has 1 aromatic rings. The molecule has 1 aromatic heterocycles. The molecule has 96 valence electrons. The maximum Gasteiger partial charge on any atom is 0.0638 e. The number of nitrogens with one attached hydrogen (secondary N) is 1. The van der Waals surface area contributed by atoms with Crippen LogP contribution in [-0.4, -0.2) is 15.8 Å². The quantitative estimate of drug-likeness (QED) is 0.869. The lowest BCUT2D eigenvalue weighted by atomic mass is 9.84. The van der Waals surface area contributed by atoms with Gasteiger partial charge in [0.1, 0.15) is 0 Å². The van der Waals surface area contributed by atoms with Crippen molar-refractivity contribution in [3.05, 3.63) is 17.5 Å². The number of rotatable bonds is 4. The molecule has 0 aromatic carbocycles. The summed E-state index contributed by atoms with van der Waals surface area (Å²) in [6, 6.07) is 0.634. The summed E-state index contributed by atoms with van der Waals surface area (Å²) in [7, 11) is 1.99. The second-order valence-corrected chi connectivity index (χ2v) is 5.48. The minimum absolute atomic E-state index is 0.634. The van der Waals surface area contributed by atoms with Gasteiger partial charge in [0.2, 0.25) is 0 Å². The first kappa shape index (κ1) is 12.6. The van der Waals surface area contributed by atoms with Crippen molar-refractivity contribution in [2.45, 2.75) is 58.5 Å². The van der Waals surface area contributed by atoms with E-state index in [4.69, 9.17) is 0 Å². The number of hydrogen-bond donors (Lipinski definition) is 1. The van der Waals surface area contributed by atoms with Crippen LogP contribution >= 0.6 is 0 Å². The smallest absolute Gasteiger partial charge is 0.0638 e. The zero-order valence-electron chi connectivity index (χ0n) is 11.4. The molecule has 1 atom stereocenters. The summed E-state index contributed by atoms with van der Waals surface area (Å²) in [5.41, 5.74) is 2.48. The molecule has 0 bridgehead atoms. The average Bonchev–Trinajstić information content (AvgIpc) is 2.66. The molecule has 3 nitrogen and oxygen atoms in total. The maximum atomic E-state index is 4.38. The second-order valence-electron chi connectivity index (χ2n) is 5.48. The molecule has 1 heterocycles. The Labute approximate surface area is 105 Å². The number of hydrogen-bond acceptors (Lipinski definition) is 2. The minimum Gasteiger partial charge on any atom is -0.310 e. The summed E-state index contributed by atoms with van der Waals surface area (Å²) >= 11 is 0. The molecule has 2 rings (SSSR count). The first-order valence-corrected chi connectivity index (χ1v) is 6.89. The Balaban J connectivity index is 1.82. The highest BCUT2D eigenvalue weighted by molar-refractivity contribution is 5.14. The van der Waals surface area contributed by atoms with Gasteiger partial charge in [-0.2, -0.15) is 5.10 Å². The highest BCUT2D eigenvalue weighted by Crippen LogP contribution is 2.26. The molecule has 17 heavy (non-hydrogen) atoms. The van der Waals surface area contributed by atoms with Crippen molar-refractivity contribution in [2.24, 2.45) is 13.0 Å². The molecule has 1 aliphatic rings. The normalized spacial score (nSPS) is 19.5. The highest BCUT2D eigenvalue weighted by atomic mass is 15.2. The fourth-order valence-corrected chi connectivity index (χ4v) is 2.89. The SMILES string of the molecule is Cc1nn(C)cc1CN[C@@H](C)C1CCCCC1. The lowest BCUT2D eigenvalue weighted by Crippen LogP contribution is -2.34. The molecule has 1 saturated carbocycles. The molecule has 0 unspecified atom stereocenters. The van der Waals surface area contributed by atoms with Crippen LogP contribution in [0.5, 0.6) is 0 Å². The van der Waals surface area contributed by atoms with E-state index in [0.717, 1.165) is 18.2 Å². The van der Waals surface area contributed by atoms with Gasteiger partial charge >= 0.3 is 0 Å². The molecule has 0 aliphatic heterocycles. The van der Waals surface area contributed by atoms with E-state index in [1.165, 1.54) is 37.7 Å². The van der Waals surface area contributed by atoms with Gasteiger partial charge < -0.3 is 5.32 Å². The third-order valence-electron chi connectivity index (χ3n) is 4.09. The van der Waals surface area contributed by atoms with Crippen molar-refractivity contribution >= 4 is 0 Å². The Bertz CT molecular complexity index is 350. The van der Waals surface area contributed by atoms with Gasteiger partial charge in [-0.05, 0) is 32.6 Å². The molecule has 1 aliphatic carbocycles. The van der Waals surface area contributed by atoms with E-state index >= 15 is 0 Å². The number of aryl methyl sites for hydroxylation is 2. The zero-order valence-corrected chi connectivity index (χ0v) is 11.4. The molecule has 1 N–H and O–H groups in total. The van der Waals surface area contributed by atoms with E-state index in [1.54, 1.807) is 0 Å². The number of aromatic nitrogens is 2. The van der Waals surface area contributed by atoms with Gasteiger partial charge in [0.05, 0.1) is 5.69 Å². The molecule has 1 fully saturated rings. The van der Waals surface area contributed by atoms with Crippen molar-refractivity contribution in [3.8, 4) is 0 Å². The molecule has 0 amide bonds. The van der Waals surface area contributed by atoms with Crippen LogP contribution in [0.25, 0.3) is 0 Å². The molecule has 0 radical (unpaired) electrons. The van der Waals surface area contributed by atoms with E-state index in [2.05, 4.69) is 30.5 Å². The van der Waals surface area contributed by atoms with Crippen LogP contribution in [0, 0.1) is 12.8 Å². The lowest BCUT2D eigenvalue weighted by Gasteiger charge is -2.28. The van der Waals surface area contributed by atoms with Gasteiger partial charge in [0.15, 0.2) is 0 Å². The predicted molar refractivity (Wildman–Crippen MR) is 70.8 cm³/mol. The van der Waals surface area contributed by atoms with Gasteiger partial charge in [0, 0.05) is 31.4 Å². The Hall–Kier alpha value is -0.830. The Morgan fingerprint density at radius 1 is 1.41 bits per heavy atom. The van der Waals surface area contributed by atoms with Gasteiger partial charge in [-0.25, -0.2) is 0 Å². The Morgan fingerprint density at radius 2 is 2.12 bits per heavy atom. The molecular weight excluding hydrogens is 210 g/mol. The first-order valence-electron chi connectivity index (χ1n) is 6.89. The van der Waals surface area contributed by atoms with E-state index in [9.17, 15) is 0 Å². The average molecular weight is 235 g/mol. The third-order valence-corrected chi connectivity index (χ3v) is 4.09. The van der Waals surface area contributed by atoms with E-state index in [1.807, 2.05) is 11.7 Å². The molecule has 0 spiro atoms. The zero-order chi connectivity index (χ0) is 12.3. The number of nitrogens with zero attached hydrogens (tertiary/aromatic N) is 2. The van der Waals surface area contributed by atoms with Gasteiger partial charge in [-0.3, -0.25) is 4.68 Å². The van der Waals surface area contributed by atoms with Crippen LogP contribution < -0.4 is 5.32 Å². The highest BCUT2D eigenvalue weighted by Gasteiger charge is 2.19. The summed E-state index contributed by atoms with van der Waals surface area (Å²) in [6.07, 6.45) is 9.20. The summed E-state index contributed by atoms with van der Waals surface area (Å²) in [5, 5.41) is 8.05. The van der Waals surface area contributed by atoms with Crippen molar-refractivity contribution in [1.82, 2.24) is 15.1 Å². The van der Waals surface area contributed by atoms with Crippen LogP contribution in [0.3, 0.4) is 0 Å². The lowest BCUT2D eigenvalue weighted by molar-refractivity contribution is 0.280. The summed E-state index contributed by atoms with van der Waals surface area (Å²) in [5.74, 6) is 0.876. The first-order chi connectivity index (χ1) is 8.16. The maximum absolute atomic E-state index is 4.38. The van der Waals surface area contributed by atoms with E-state index in [0.29, 0.717) is 6.04 Å². The van der Waals surface area contributed by atoms with Gasteiger partial charge in [-0.15, -0.1) is 0 Å². The third kappa shape index (κ3) is 3.32. The Kier molecular flexibility index (Phi) is 4.21. The topological polar surface area (TPSA) is 29.9 Å². The second kappa shape index (κ2) is 5.67. The van der Waals surface area contributed by atoms with Crippen molar-refractivity contribution in [2.75, 3.05) is 0 Å². The molecule has 3 heteroatoms. The minimum atomic E-state index is 0.634. The molecule has 0 saturated heterocycles. The van der Waals surface area contributed by atoms with Gasteiger partial charge in [-0.1, -0.05) is 19.3 Å². The van der Waals surface area contributed by atoms with Crippen molar-refractivity contribution in [3.63, 3.8) is 0 Å². The monoisotopic (exact) mass is 235 g/mol. The van der Waals surface area contributed by atoms with Crippen LogP contribution in [-0.2, 0) is 13.6 Å². The van der Waals surface area contributed by atoms with Crippen LogP contribution in [0.1, 0.15) is 50.3 Å². The summed E-state index contributed by atoms with van der Waals surface area (Å²) < 4.78 is 1.90. The standard InChI is InChI=1S/C14H25N3/c1-11(13-7-5-4-6-8-13)15-9-14-10-17(3)16-12(14)2/h10-11,13,15H,4-9H2,1-3H3/t11-/m0/s1. The van der Waals surface area contributed by atoms with Crippen LogP contribution in [0.2, 0.25) is 0 Å². The summed E-state index contributed by atoms with van der Waals surface area (Å²) in [4.78, 5) is 0. The van der Waals surface area contributed by atoms with E-state index < -0.39 is 0 Å². The van der Waals surface area contributed by atoms with Crippen LogP contribution in [0.4, 0.5) is 0 Å². The fourth-order valence-electron chi connectivity index (χ4n) is 2.89. The fraction of sp³-hybridized carbons (Fsp3) is 0.786. The van der Waals surface area contributed by atoms with Gasteiger partial charge in [0.25, 0.3) is 0 Å².